The van der Waals surface area contributed by atoms with Crippen molar-refractivity contribution in [2.24, 2.45) is 0 Å². The van der Waals surface area contributed by atoms with Gasteiger partial charge in [0.1, 0.15) is 11.5 Å². The molecule has 0 saturated carbocycles. The molecule has 59 heavy (non-hydrogen) atoms. The number of hydrogen-bond donors (Lipinski definition) is 1. The van der Waals surface area contributed by atoms with Crippen LogP contribution in [0.2, 0.25) is 0 Å². The Bertz CT molecular complexity index is 2300. The van der Waals surface area contributed by atoms with Crippen LogP contribution in [0.25, 0.3) is 22.3 Å². The Morgan fingerprint density at radius 1 is 0.593 bits per heavy atom. The van der Waals surface area contributed by atoms with Crippen molar-refractivity contribution < 1.29 is 35.2 Å². The van der Waals surface area contributed by atoms with E-state index in [9.17, 15) is 21.6 Å². The molecule has 0 saturated heterocycles. The van der Waals surface area contributed by atoms with E-state index < -0.39 is 28.7 Å². The zero-order valence-electron chi connectivity index (χ0n) is 36.4. The zero-order valence-corrected chi connectivity index (χ0v) is 38.2. The van der Waals surface area contributed by atoms with Gasteiger partial charge in [0.05, 0.1) is 0 Å². The molecular formula is C48H59F3NO5PS. The fraction of sp³-hybridized carbons (Fsp3) is 0.500. The van der Waals surface area contributed by atoms with E-state index in [4.69, 9.17) is 9.05 Å². The van der Waals surface area contributed by atoms with Crippen molar-refractivity contribution >= 4 is 17.8 Å². The number of benzene rings is 4. The Kier molecular flexibility index (Phi) is 11.1. The summed E-state index contributed by atoms with van der Waals surface area (Å²) in [4.78, 5) is 0. The molecule has 4 aromatic rings. The van der Waals surface area contributed by atoms with Crippen molar-refractivity contribution in [3.8, 4) is 33.8 Å². The molecule has 0 aromatic heterocycles. The van der Waals surface area contributed by atoms with Crippen molar-refractivity contribution in [1.29, 1.82) is 0 Å². The van der Waals surface area contributed by atoms with E-state index >= 15 is 4.57 Å². The van der Waals surface area contributed by atoms with Crippen LogP contribution in [-0.4, -0.2) is 13.9 Å². The molecule has 0 amide bonds. The smallest absolute Gasteiger partial charge is 0.403 e. The third-order valence-electron chi connectivity index (χ3n) is 12.9. The highest BCUT2D eigenvalue weighted by molar-refractivity contribution is 7.95. The molecular weight excluding hydrogens is 791 g/mol. The molecule has 1 N–H and O–H groups in total. The predicted octanol–water partition coefficient (Wildman–Crippen LogP) is 14.3. The molecule has 3 aliphatic rings. The SMILES string of the molecule is CC(C)c1cc(C(C)C)c(-c2ccc3c4c2OP(=O)(NS(=O)(=O)C(F)(F)F)Oc2c(-c5c(C(C)C)cc(C(C)C)cc5C(C)C)ccc5c2C4(CC3)CC5)c(C(C)C)c1. The van der Waals surface area contributed by atoms with Gasteiger partial charge in [-0.2, -0.15) is 13.2 Å². The predicted molar refractivity (Wildman–Crippen MR) is 233 cm³/mol. The molecule has 1 spiro atoms. The number of alkyl halides is 3. The fourth-order valence-electron chi connectivity index (χ4n) is 9.77. The monoisotopic (exact) mass is 849 g/mol. The van der Waals surface area contributed by atoms with Crippen LogP contribution < -0.4 is 13.5 Å². The van der Waals surface area contributed by atoms with Crippen molar-refractivity contribution in [2.75, 3.05) is 0 Å². The summed E-state index contributed by atoms with van der Waals surface area (Å²) in [7, 11) is -11.7. The lowest BCUT2D eigenvalue weighted by atomic mass is 9.73. The maximum atomic E-state index is 15.6. The maximum Gasteiger partial charge on any atom is 0.526 e. The van der Waals surface area contributed by atoms with Gasteiger partial charge >= 0.3 is 23.3 Å². The van der Waals surface area contributed by atoms with Crippen LogP contribution in [0, 0.1) is 0 Å². The first kappa shape index (κ1) is 43.5. The minimum atomic E-state index is -6.24. The topological polar surface area (TPSA) is 81.7 Å². The Labute approximate surface area is 349 Å². The van der Waals surface area contributed by atoms with Crippen molar-refractivity contribution in [3.05, 3.63) is 104 Å². The molecule has 4 aromatic carbocycles. The van der Waals surface area contributed by atoms with E-state index in [1.54, 1.807) is 0 Å². The van der Waals surface area contributed by atoms with Crippen molar-refractivity contribution in [2.45, 2.75) is 155 Å². The lowest BCUT2D eigenvalue weighted by Crippen LogP contribution is -2.37. The Balaban J connectivity index is 1.63. The average molecular weight is 850 g/mol. The molecule has 7 rings (SSSR count). The summed E-state index contributed by atoms with van der Waals surface area (Å²) < 4.78 is 99.5. The second-order valence-electron chi connectivity index (χ2n) is 18.8. The van der Waals surface area contributed by atoms with Crippen LogP contribution in [-0.2, 0) is 32.8 Å². The van der Waals surface area contributed by atoms with E-state index in [2.05, 4.69) is 119 Å². The minimum absolute atomic E-state index is 0.0321. The van der Waals surface area contributed by atoms with Crippen LogP contribution in [0.4, 0.5) is 13.2 Å². The highest BCUT2D eigenvalue weighted by Crippen LogP contribution is 2.66. The molecule has 0 bridgehead atoms. The van der Waals surface area contributed by atoms with E-state index in [0.29, 0.717) is 36.8 Å². The standard InChI is InChI=1S/C48H59F3NO5PS/c1-25(2)33-21-37(27(5)6)41(38(22-33)28(7)8)35-15-13-31-17-19-47-20-18-32-14-16-36(42-39(29(9)10)23-34(26(3)4)24-40(42)30(11)12)46(44(32)47)57-58(53,56-45(35)43(31)47)52-59(54,55)48(49,50)51/h13-16,21-30H,17-20H2,1-12H3,(H,52,53). The number of nitrogens with one attached hydrogen (secondary N) is 1. The molecule has 0 radical (unpaired) electrons. The third-order valence-corrected chi connectivity index (χ3v) is 16.2. The van der Waals surface area contributed by atoms with Crippen molar-refractivity contribution in [3.63, 3.8) is 0 Å². The summed E-state index contributed by atoms with van der Waals surface area (Å²) in [5, 5.41) is 0. The second-order valence-corrected chi connectivity index (χ2v) is 22.4. The van der Waals surface area contributed by atoms with Crippen LogP contribution in [0.15, 0.2) is 48.5 Å². The third kappa shape index (κ3) is 7.27. The van der Waals surface area contributed by atoms with Crippen LogP contribution in [0.3, 0.4) is 0 Å². The molecule has 0 unspecified atom stereocenters. The van der Waals surface area contributed by atoms with E-state index in [1.807, 2.05) is 12.1 Å². The molecule has 318 valence electrons. The Morgan fingerprint density at radius 3 is 1.22 bits per heavy atom. The number of halogens is 3. The summed E-state index contributed by atoms with van der Waals surface area (Å²) in [6.45, 7) is 25.4. The Morgan fingerprint density at radius 2 is 0.932 bits per heavy atom. The number of hydrogen-bond acceptors (Lipinski definition) is 5. The maximum absolute atomic E-state index is 15.6. The number of rotatable bonds is 10. The molecule has 2 aliphatic carbocycles. The van der Waals surface area contributed by atoms with Crippen LogP contribution >= 0.6 is 7.75 Å². The molecule has 1 aliphatic heterocycles. The summed E-state index contributed by atoms with van der Waals surface area (Å²) in [5.74, 6) is 0.815. The van der Waals surface area contributed by atoms with E-state index in [0.717, 1.165) is 66.8 Å². The van der Waals surface area contributed by atoms with Gasteiger partial charge in [-0.15, -0.1) is 0 Å². The van der Waals surface area contributed by atoms with E-state index in [1.165, 1.54) is 4.49 Å². The lowest BCUT2D eigenvalue weighted by Gasteiger charge is -2.37. The molecule has 6 nitrogen and oxygen atoms in total. The largest absolute Gasteiger partial charge is 0.526 e. The first-order chi connectivity index (χ1) is 27.4. The molecule has 0 fully saturated rings. The van der Waals surface area contributed by atoms with Gasteiger partial charge in [-0.3, -0.25) is 0 Å². The first-order valence-electron chi connectivity index (χ1n) is 21.2. The van der Waals surface area contributed by atoms with Gasteiger partial charge in [-0.1, -0.05) is 136 Å². The molecule has 1 heterocycles. The lowest BCUT2D eigenvalue weighted by molar-refractivity contribution is -0.0443. The normalized spacial score (nSPS) is 16.8. The minimum Gasteiger partial charge on any atom is -0.403 e. The summed E-state index contributed by atoms with van der Waals surface area (Å²) >= 11 is 0. The van der Waals surface area contributed by atoms with Crippen LogP contribution in [0.5, 0.6) is 11.5 Å². The summed E-state index contributed by atoms with van der Waals surface area (Å²) in [6, 6.07) is 16.7. The van der Waals surface area contributed by atoms with Crippen LogP contribution in [0.1, 0.15) is 187 Å². The van der Waals surface area contributed by atoms with Gasteiger partial charge in [-0.05, 0) is 117 Å². The summed E-state index contributed by atoms with van der Waals surface area (Å²) in [5.41, 5.74) is 6.07. The fourth-order valence-corrected chi connectivity index (χ4v) is 12.6. The van der Waals surface area contributed by atoms with Gasteiger partial charge in [0.25, 0.3) is 0 Å². The first-order valence-corrected chi connectivity index (χ1v) is 24.2. The van der Waals surface area contributed by atoms with Gasteiger partial charge in [0.2, 0.25) is 0 Å². The van der Waals surface area contributed by atoms with Gasteiger partial charge in [0, 0.05) is 27.7 Å². The van der Waals surface area contributed by atoms with Gasteiger partial charge in [0.15, 0.2) is 0 Å². The average Bonchev–Trinajstić information content (AvgIpc) is 3.70. The molecule has 11 heteroatoms. The quantitative estimate of drug-likeness (QED) is 0.161. The number of sulfonamides is 1. The Hall–Kier alpha value is -3.59. The summed E-state index contributed by atoms with van der Waals surface area (Å²) in [6.07, 6.45) is 2.64. The molecule has 0 atom stereocenters. The second kappa shape index (κ2) is 15.1. The highest BCUT2D eigenvalue weighted by atomic mass is 32.2. The zero-order chi connectivity index (χ0) is 43.3. The van der Waals surface area contributed by atoms with E-state index in [-0.39, 0.29) is 47.0 Å². The highest BCUT2D eigenvalue weighted by Gasteiger charge is 2.56. The van der Waals surface area contributed by atoms with Gasteiger partial charge in [-0.25, -0.2) is 13.0 Å². The van der Waals surface area contributed by atoms with Crippen molar-refractivity contribution in [1.82, 2.24) is 4.49 Å². The number of aryl methyl sites for hydroxylation is 2. The van der Waals surface area contributed by atoms with Gasteiger partial charge < -0.3 is 9.05 Å².